The Labute approximate surface area is 129 Å². The molecule has 0 spiro atoms. The Balaban J connectivity index is 1.51. The normalized spacial score (nSPS) is 31.2. The minimum Gasteiger partial charge on any atom is -0.330 e. The van der Waals surface area contributed by atoms with Gasteiger partial charge in [0.05, 0.1) is 0 Å². The lowest BCUT2D eigenvalue weighted by Crippen LogP contribution is -2.44. The summed E-state index contributed by atoms with van der Waals surface area (Å²) in [5, 5.41) is 0. The van der Waals surface area contributed by atoms with E-state index in [9.17, 15) is 0 Å². The molecule has 1 unspecified atom stereocenters. The zero-order valence-electron chi connectivity index (χ0n) is 13.2. The third-order valence-corrected chi connectivity index (χ3v) is 5.61. The van der Waals surface area contributed by atoms with E-state index in [0.717, 1.165) is 24.4 Å². The van der Waals surface area contributed by atoms with Gasteiger partial charge in [0.25, 0.3) is 0 Å². The summed E-state index contributed by atoms with van der Waals surface area (Å²) >= 11 is 0. The predicted octanol–water partition coefficient (Wildman–Crippen LogP) is 3.77. The topological polar surface area (TPSA) is 29.3 Å². The van der Waals surface area contributed by atoms with E-state index in [-0.39, 0.29) is 0 Å². The summed E-state index contributed by atoms with van der Waals surface area (Å²) in [6, 6.07) is 11.9. The van der Waals surface area contributed by atoms with Gasteiger partial charge in [-0.05, 0) is 75.4 Å². The summed E-state index contributed by atoms with van der Waals surface area (Å²) in [5.41, 5.74) is 7.30. The Morgan fingerprint density at radius 1 is 1.00 bits per heavy atom. The van der Waals surface area contributed by atoms with Gasteiger partial charge in [0.2, 0.25) is 0 Å². The van der Waals surface area contributed by atoms with Crippen LogP contribution in [0.2, 0.25) is 0 Å². The van der Waals surface area contributed by atoms with Crippen LogP contribution in [0.5, 0.6) is 0 Å². The fourth-order valence-electron chi connectivity index (χ4n) is 4.40. The van der Waals surface area contributed by atoms with Gasteiger partial charge in [0, 0.05) is 12.6 Å². The van der Waals surface area contributed by atoms with Gasteiger partial charge in [-0.2, -0.15) is 0 Å². The second-order valence-corrected chi connectivity index (χ2v) is 7.00. The van der Waals surface area contributed by atoms with Crippen LogP contribution in [-0.4, -0.2) is 30.6 Å². The molecule has 1 saturated heterocycles. The first kappa shape index (κ1) is 15.1. The van der Waals surface area contributed by atoms with Gasteiger partial charge in [0.15, 0.2) is 0 Å². The zero-order valence-corrected chi connectivity index (χ0v) is 13.2. The van der Waals surface area contributed by atoms with Crippen LogP contribution in [0.4, 0.5) is 0 Å². The smallest absolute Gasteiger partial charge is 0.00958 e. The maximum absolute atomic E-state index is 5.75. The van der Waals surface area contributed by atoms with E-state index < -0.39 is 0 Å². The number of rotatable bonds is 4. The maximum atomic E-state index is 5.75. The summed E-state index contributed by atoms with van der Waals surface area (Å²) in [5.74, 6) is 1.66. The monoisotopic (exact) mass is 286 g/mol. The summed E-state index contributed by atoms with van der Waals surface area (Å²) in [6.45, 7) is 3.48. The summed E-state index contributed by atoms with van der Waals surface area (Å²) in [4.78, 5) is 2.78. The molecule has 21 heavy (non-hydrogen) atoms. The number of piperidine rings is 1. The highest BCUT2D eigenvalue weighted by atomic mass is 15.2. The van der Waals surface area contributed by atoms with Crippen LogP contribution in [0.3, 0.4) is 0 Å². The summed E-state index contributed by atoms with van der Waals surface area (Å²) in [6.07, 6.45) is 9.50. The van der Waals surface area contributed by atoms with E-state index in [0.29, 0.717) is 0 Å². The molecule has 1 heterocycles. The maximum Gasteiger partial charge on any atom is 0.00958 e. The first-order valence-electron chi connectivity index (χ1n) is 8.86. The number of hydrogen-bond donors (Lipinski definition) is 1. The van der Waals surface area contributed by atoms with Gasteiger partial charge >= 0.3 is 0 Å². The zero-order chi connectivity index (χ0) is 14.5. The highest BCUT2D eigenvalue weighted by molar-refractivity contribution is 5.20. The Kier molecular flexibility index (Phi) is 5.32. The minimum absolute atomic E-state index is 0.798. The van der Waals surface area contributed by atoms with Crippen LogP contribution < -0.4 is 5.73 Å². The predicted molar refractivity (Wildman–Crippen MR) is 89.4 cm³/mol. The van der Waals surface area contributed by atoms with Crippen LogP contribution in [0.1, 0.15) is 56.4 Å². The number of likely N-dealkylation sites (tertiary alicyclic amines) is 1. The fourth-order valence-corrected chi connectivity index (χ4v) is 4.40. The Bertz CT molecular complexity index is 407. The molecule has 1 aromatic rings. The fraction of sp³-hybridized carbons (Fsp3) is 0.684. The number of nitrogens with zero attached hydrogens (tertiary/aromatic N) is 1. The standard InChI is InChI=1S/C19H30N2/c20-13-12-16-5-4-14-21(15-16)19-10-8-18(9-11-19)17-6-2-1-3-7-17/h1-3,6-7,16,18-19H,4-5,8-15,20H2. The van der Waals surface area contributed by atoms with E-state index in [1.165, 1.54) is 58.0 Å². The van der Waals surface area contributed by atoms with Crippen molar-refractivity contribution in [1.29, 1.82) is 0 Å². The molecular weight excluding hydrogens is 256 g/mol. The van der Waals surface area contributed by atoms with Gasteiger partial charge in [-0.25, -0.2) is 0 Å². The minimum atomic E-state index is 0.798. The van der Waals surface area contributed by atoms with Crippen molar-refractivity contribution in [2.45, 2.75) is 56.9 Å². The van der Waals surface area contributed by atoms with Crippen molar-refractivity contribution in [2.24, 2.45) is 11.7 Å². The molecule has 116 valence electrons. The van der Waals surface area contributed by atoms with E-state index in [4.69, 9.17) is 5.73 Å². The van der Waals surface area contributed by atoms with Crippen LogP contribution in [0, 0.1) is 5.92 Å². The molecule has 1 atom stereocenters. The van der Waals surface area contributed by atoms with Crippen LogP contribution >= 0.6 is 0 Å². The van der Waals surface area contributed by atoms with E-state index in [1.54, 1.807) is 5.56 Å². The van der Waals surface area contributed by atoms with Gasteiger partial charge in [-0.1, -0.05) is 30.3 Å². The molecule has 2 aliphatic rings. The van der Waals surface area contributed by atoms with Crippen molar-refractivity contribution in [2.75, 3.05) is 19.6 Å². The van der Waals surface area contributed by atoms with Crippen LogP contribution in [-0.2, 0) is 0 Å². The van der Waals surface area contributed by atoms with Crippen molar-refractivity contribution >= 4 is 0 Å². The van der Waals surface area contributed by atoms with Crippen LogP contribution in [0.15, 0.2) is 30.3 Å². The molecule has 1 aliphatic heterocycles. The highest BCUT2D eigenvalue weighted by Gasteiger charge is 2.29. The van der Waals surface area contributed by atoms with Gasteiger partial charge in [0.1, 0.15) is 0 Å². The van der Waals surface area contributed by atoms with Crippen molar-refractivity contribution in [3.63, 3.8) is 0 Å². The molecule has 2 N–H and O–H groups in total. The SMILES string of the molecule is NCCC1CCCN(C2CCC(c3ccccc3)CC2)C1. The number of hydrogen-bond acceptors (Lipinski definition) is 2. The molecule has 0 bridgehead atoms. The lowest BCUT2D eigenvalue weighted by molar-refractivity contribution is 0.0924. The third kappa shape index (κ3) is 3.87. The molecule has 0 aromatic heterocycles. The number of nitrogens with two attached hydrogens (primary N) is 1. The molecular formula is C19H30N2. The van der Waals surface area contributed by atoms with E-state index >= 15 is 0 Å². The molecule has 2 nitrogen and oxygen atoms in total. The Hall–Kier alpha value is -0.860. The lowest BCUT2D eigenvalue weighted by Gasteiger charge is -2.41. The molecule has 3 rings (SSSR count). The Morgan fingerprint density at radius 2 is 1.76 bits per heavy atom. The second kappa shape index (κ2) is 7.42. The highest BCUT2D eigenvalue weighted by Crippen LogP contribution is 2.36. The second-order valence-electron chi connectivity index (χ2n) is 7.00. The van der Waals surface area contributed by atoms with Gasteiger partial charge in [-0.15, -0.1) is 0 Å². The largest absolute Gasteiger partial charge is 0.330 e. The molecule has 2 heteroatoms. The van der Waals surface area contributed by atoms with Crippen molar-refractivity contribution in [1.82, 2.24) is 4.90 Å². The van der Waals surface area contributed by atoms with Crippen LogP contribution in [0.25, 0.3) is 0 Å². The van der Waals surface area contributed by atoms with E-state index in [2.05, 4.69) is 35.2 Å². The first-order valence-corrected chi connectivity index (χ1v) is 8.86. The molecule has 1 aliphatic carbocycles. The van der Waals surface area contributed by atoms with Crippen molar-refractivity contribution in [3.05, 3.63) is 35.9 Å². The Morgan fingerprint density at radius 3 is 2.48 bits per heavy atom. The molecule has 1 saturated carbocycles. The molecule has 1 aromatic carbocycles. The average Bonchev–Trinajstić information content (AvgIpc) is 2.56. The molecule has 2 fully saturated rings. The third-order valence-electron chi connectivity index (χ3n) is 5.61. The quantitative estimate of drug-likeness (QED) is 0.913. The summed E-state index contributed by atoms with van der Waals surface area (Å²) in [7, 11) is 0. The molecule has 0 amide bonds. The average molecular weight is 286 g/mol. The van der Waals surface area contributed by atoms with Crippen molar-refractivity contribution < 1.29 is 0 Å². The van der Waals surface area contributed by atoms with Gasteiger partial charge < -0.3 is 10.6 Å². The van der Waals surface area contributed by atoms with Crippen molar-refractivity contribution in [3.8, 4) is 0 Å². The molecule has 0 radical (unpaired) electrons. The number of benzene rings is 1. The summed E-state index contributed by atoms with van der Waals surface area (Å²) < 4.78 is 0. The lowest BCUT2D eigenvalue weighted by atomic mass is 9.80. The first-order chi connectivity index (χ1) is 10.4. The van der Waals surface area contributed by atoms with Gasteiger partial charge in [-0.3, -0.25) is 0 Å². The van der Waals surface area contributed by atoms with E-state index in [1.807, 2.05) is 0 Å².